The Hall–Kier alpha value is -1.55. The monoisotopic (exact) mass is 233 g/mol. The molecule has 1 atom stereocenters. The zero-order chi connectivity index (χ0) is 12.5. The van der Waals surface area contributed by atoms with Gasteiger partial charge in [-0.05, 0) is 44.4 Å². The minimum Gasteiger partial charge on any atom is -0.333 e. The van der Waals surface area contributed by atoms with Crippen LogP contribution in [0.4, 0.5) is 10.5 Å². The minimum absolute atomic E-state index is 0.00972. The third-order valence-corrected chi connectivity index (χ3v) is 3.11. The molecule has 0 bridgehead atoms. The number of urea groups is 1. The summed E-state index contributed by atoms with van der Waals surface area (Å²) >= 11 is 0. The number of hydrogen-bond donors (Lipinski definition) is 3. The van der Waals surface area contributed by atoms with E-state index in [2.05, 4.69) is 10.6 Å². The molecule has 1 aliphatic carbocycles. The van der Waals surface area contributed by atoms with Crippen molar-refractivity contribution in [1.82, 2.24) is 5.32 Å². The number of anilines is 1. The summed E-state index contributed by atoms with van der Waals surface area (Å²) in [5, 5.41) is 5.76. The molecule has 1 unspecified atom stereocenters. The number of nitrogens with two attached hydrogens (primary N) is 1. The fraction of sp³-hybridized carbons (Fsp3) is 0.462. The highest BCUT2D eigenvalue weighted by atomic mass is 16.2. The van der Waals surface area contributed by atoms with E-state index >= 15 is 0 Å². The van der Waals surface area contributed by atoms with Crippen LogP contribution in [0.2, 0.25) is 0 Å². The van der Waals surface area contributed by atoms with Crippen LogP contribution in [0.25, 0.3) is 0 Å². The van der Waals surface area contributed by atoms with E-state index in [0.717, 1.165) is 24.1 Å². The lowest BCUT2D eigenvalue weighted by molar-refractivity contribution is 0.248. The zero-order valence-corrected chi connectivity index (χ0v) is 10.3. The van der Waals surface area contributed by atoms with Crippen LogP contribution in [0.1, 0.15) is 38.3 Å². The molecule has 4 nitrogen and oxygen atoms in total. The van der Waals surface area contributed by atoms with Crippen molar-refractivity contribution in [3.8, 4) is 0 Å². The van der Waals surface area contributed by atoms with Crippen LogP contribution in [0.3, 0.4) is 0 Å². The molecule has 1 aliphatic rings. The van der Waals surface area contributed by atoms with Crippen molar-refractivity contribution >= 4 is 11.7 Å². The van der Waals surface area contributed by atoms with E-state index in [1.165, 1.54) is 0 Å². The largest absolute Gasteiger partial charge is 0.333 e. The minimum atomic E-state index is -0.140. The predicted octanol–water partition coefficient (Wildman–Crippen LogP) is 2.38. The third kappa shape index (κ3) is 3.20. The van der Waals surface area contributed by atoms with Crippen molar-refractivity contribution in [3.05, 3.63) is 29.8 Å². The number of hydrogen-bond acceptors (Lipinski definition) is 2. The normalized spacial score (nSPS) is 18.3. The number of nitrogens with one attached hydrogen (secondary N) is 2. The second kappa shape index (κ2) is 4.37. The first-order valence-electron chi connectivity index (χ1n) is 5.93. The quantitative estimate of drug-likeness (QED) is 0.750. The second-order valence-corrected chi connectivity index (χ2v) is 5.05. The standard InChI is InChI=1S/C13H19N3O/c1-9(14)10-3-5-11(6-4-10)15-12(17)16-13(2)7-8-13/h3-6,9H,7-8,14H2,1-2H3,(H2,15,16,17). The number of carbonyl (C=O) groups excluding carboxylic acids is 1. The molecule has 4 heteroatoms. The Morgan fingerprint density at radius 2 is 1.94 bits per heavy atom. The van der Waals surface area contributed by atoms with Crippen LogP contribution in [-0.2, 0) is 0 Å². The van der Waals surface area contributed by atoms with Crippen molar-refractivity contribution in [2.45, 2.75) is 38.3 Å². The highest BCUT2D eigenvalue weighted by Crippen LogP contribution is 2.34. The molecule has 0 heterocycles. The fourth-order valence-electron chi connectivity index (χ4n) is 1.62. The fourth-order valence-corrected chi connectivity index (χ4v) is 1.62. The van der Waals surface area contributed by atoms with E-state index in [1.807, 2.05) is 38.1 Å². The molecule has 4 N–H and O–H groups in total. The summed E-state index contributed by atoms with van der Waals surface area (Å²) in [6, 6.07) is 7.47. The van der Waals surface area contributed by atoms with Crippen molar-refractivity contribution in [2.75, 3.05) is 5.32 Å². The van der Waals surface area contributed by atoms with Crippen molar-refractivity contribution < 1.29 is 4.79 Å². The van der Waals surface area contributed by atoms with Crippen LogP contribution in [0.15, 0.2) is 24.3 Å². The molecule has 2 rings (SSSR count). The van der Waals surface area contributed by atoms with Gasteiger partial charge in [0.05, 0.1) is 0 Å². The Bertz CT molecular complexity index is 407. The SMILES string of the molecule is CC(N)c1ccc(NC(=O)NC2(C)CC2)cc1. The zero-order valence-electron chi connectivity index (χ0n) is 10.3. The Kier molecular flexibility index (Phi) is 3.07. The van der Waals surface area contributed by atoms with Crippen LogP contribution in [-0.4, -0.2) is 11.6 Å². The van der Waals surface area contributed by atoms with Crippen LogP contribution >= 0.6 is 0 Å². The molecule has 1 aromatic rings. The molecule has 0 saturated heterocycles. The topological polar surface area (TPSA) is 67.1 Å². The Balaban J connectivity index is 1.92. The van der Waals surface area contributed by atoms with E-state index in [9.17, 15) is 4.79 Å². The van der Waals surface area contributed by atoms with E-state index in [4.69, 9.17) is 5.73 Å². The van der Waals surface area contributed by atoms with Crippen LogP contribution in [0.5, 0.6) is 0 Å². The van der Waals surface area contributed by atoms with Crippen molar-refractivity contribution in [1.29, 1.82) is 0 Å². The molecule has 0 spiro atoms. The maximum atomic E-state index is 11.6. The number of rotatable bonds is 3. The van der Waals surface area contributed by atoms with Gasteiger partial charge in [0, 0.05) is 17.3 Å². The van der Waals surface area contributed by atoms with Gasteiger partial charge in [0.1, 0.15) is 0 Å². The van der Waals surface area contributed by atoms with Crippen LogP contribution in [0, 0.1) is 0 Å². The molecule has 0 aliphatic heterocycles. The first-order chi connectivity index (χ1) is 7.98. The molecular weight excluding hydrogens is 214 g/mol. The Labute approximate surface area is 102 Å². The van der Waals surface area contributed by atoms with E-state index in [0.29, 0.717) is 0 Å². The van der Waals surface area contributed by atoms with Crippen LogP contribution < -0.4 is 16.4 Å². The van der Waals surface area contributed by atoms with Gasteiger partial charge in [-0.3, -0.25) is 0 Å². The summed E-state index contributed by atoms with van der Waals surface area (Å²) in [6.45, 7) is 3.98. The Morgan fingerprint density at radius 3 is 2.41 bits per heavy atom. The Morgan fingerprint density at radius 1 is 1.35 bits per heavy atom. The van der Waals surface area contributed by atoms with E-state index in [-0.39, 0.29) is 17.6 Å². The molecule has 1 fully saturated rings. The van der Waals surface area contributed by atoms with Gasteiger partial charge in [0.15, 0.2) is 0 Å². The summed E-state index contributed by atoms with van der Waals surface area (Å²) < 4.78 is 0. The van der Waals surface area contributed by atoms with Gasteiger partial charge in [-0.1, -0.05) is 12.1 Å². The third-order valence-electron chi connectivity index (χ3n) is 3.11. The number of benzene rings is 1. The average molecular weight is 233 g/mol. The summed E-state index contributed by atoms with van der Waals surface area (Å²) in [4.78, 5) is 11.6. The van der Waals surface area contributed by atoms with Gasteiger partial charge in [-0.2, -0.15) is 0 Å². The summed E-state index contributed by atoms with van der Waals surface area (Å²) in [5.41, 5.74) is 7.61. The smallest absolute Gasteiger partial charge is 0.319 e. The molecule has 1 saturated carbocycles. The number of amides is 2. The molecular formula is C13H19N3O. The van der Waals surface area contributed by atoms with Crippen molar-refractivity contribution in [3.63, 3.8) is 0 Å². The summed E-state index contributed by atoms with van der Waals surface area (Å²) in [7, 11) is 0. The molecule has 2 amide bonds. The van der Waals surface area contributed by atoms with Gasteiger partial charge >= 0.3 is 6.03 Å². The lowest BCUT2D eigenvalue weighted by atomic mass is 10.1. The lowest BCUT2D eigenvalue weighted by Gasteiger charge is -2.13. The van der Waals surface area contributed by atoms with E-state index < -0.39 is 0 Å². The lowest BCUT2D eigenvalue weighted by Crippen LogP contribution is -2.37. The van der Waals surface area contributed by atoms with Gasteiger partial charge in [-0.25, -0.2) is 4.79 Å². The molecule has 92 valence electrons. The molecule has 0 aromatic heterocycles. The first-order valence-corrected chi connectivity index (χ1v) is 5.93. The highest BCUT2D eigenvalue weighted by Gasteiger charge is 2.38. The number of carbonyl (C=O) groups is 1. The maximum Gasteiger partial charge on any atom is 0.319 e. The highest BCUT2D eigenvalue weighted by molar-refractivity contribution is 5.90. The first kappa shape index (κ1) is 11.9. The van der Waals surface area contributed by atoms with Gasteiger partial charge in [-0.15, -0.1) is 0 Å². The summed E-state index contributed by atoms with van der Waals surface area (Å²) in [6.07, 6.45) is 2.12. The maximum absolute atomic E-state index is 11.6. The molecule has 1 aromatic carbocycles. The van der Waals surface area contributed by atoms with Gasteiger partial charge in [0.2, 0.25) is 0 Å². The predicted molar refractivity (Wildman–Crippen MR) is 68.8 cm³/mol. The van der Waals surface area contributed by atoms with Gasteiger partial charge in [0.25, 0.3) is 0 Å². The summed E-state index contributed by atoms with van der Waals surface area (Å²) in [5.74, 6) is 0. The van der Waals surface area contributed by atoms with E-state index in [1.54, 1.807) is 0 Å². The van der Waals surface area contributed by atoms with Crippen molar-refractivity contribution in [2.24, 2.45) is 5.73 Å². The second-order valence-electron chi connectivity index (χ2n) is 5.05. The molecule has 17 heavy (non-hydrogen) atoms. The molecule has 0 radical (unpaired) electrons. The average Bonchev–Trinajstić information content (AvgIpc) is 2.96. The van der Waals surface area contributed by atoms with Gasteiger partial charge < -0.3 is 16.4 Å².